The first kappa shape index (κ1) is 16.2. The molecule has 0 atom stereocenters. The molecule has 0 spiro atoms. The molecule has 124 valence electrons. The van der Waals surface area contributed by atoms with Crippen molar-refractivity contribution in [2.45, 2.75) is 0 Å². The highest BCUT2D eigenvalue weighted by Gasteiger charge is 2.13. The normalized spacial score (nSPS) is 11.4. The van der Waals surface area contributed by atoms with Gasteiger partial charge in [-0.15, -0.1) is 0 Å². The molecule has 0 bridgehead atoms. The van der Waals surface area contributed by atoms with Gasteiger partial charge >= 0.3 is 0 Å². The van der Waals surface area contributed by atoms with E-state index in [9.17, 15) is 12.8 Å². The number of halogens is 1. The lowest BCUT2D eigenvalue weighted by Crippen LogP contribution is -2.21. The second-order valence-electron chi connectivity index (χ2n) is 5.08. The largest absolute Gasteiger partial charge is 0.489 e. The van der Waals surface area contributed by atoms with E-state index in [1.807, 2.05) is 12.1 Å². The number of rotatable bonds is 6. The highest BCUT2D eigenvalue weighted by atomic mass is 32.2. The number of sulfonamides is 1. The molecular weight excluding hydrogens is 331 g/mol. The molecule has 0 saturated carbocycles. The van der Waals surface area contributed by atoms with E-state index in [0.717, 1.165) is 5.39 Å². The van der Waals surface area contributed by atoms with Crippen molar-refractivity contribution >= 4 is 26.6 Å². The number of benzene rings is 2. The Morgan fingerprint density at radius 3 is 2.67 bits per heavy atom. The zero-order valence-corrected chi connectivity index (χ0v) is 13.5. The van der Waals surface area contributed by atoms with E-state index in [4.69, 9.17) is 4.74 Å². The van der Waals surface area contributed by atoms with Crippen LogP contribution in [-0.2, 0) is 10.0 Å². The van der Waals surface area contributed by atoms with E-state index in [2.05, 4.69) is 9.71 Å². The Bertz CT molecular complexity index is 955. The third-order valence-corrected chi connectivity index (χ3v) is 4.58. The molecule has 0 aliphatic rings. The van der Waals surface area contributed by atoms with E-state index in [0.29, 0.717) is 11.2 Å². The summed E-state index contributed by atoms with van der Waals surface area (Å²) in [6.45, 7) is -0.158. The SMILES string of the molecule is O=S(=O)(CCOc1ccccc1F)Nc1cccc2cccnc12. The topological polar surface area (TPSA) is 68.3 Å². The van der Waals surface area contributed by atoms with Crippen LogP contribution in [0.3, 0.4) is 0 Å². The van der Waals surface area contributed by atoms with Gasteiger partial charge in [0.15, 0.2) is 11.6 Å². The Labute approximate surface area is 139 Å². The first-order chi connectivity index (χ1) is 11.6. The molecule has 3 aromatic rings. The van der Waals surface area contributed by atoms with Crippen LogP contribution in [0.15, 0.2) is 60.8 Å². The van der Waals surface area contributed by atoms with E-state index in [1.54, 1.807) is 30.5 Å². The van der Waals surface area contributed by atoms with Crippen molar-refractivity contribution in [1.82, 2.24) is 4.98 Å². The van der Waals surface area contributed by atoms with Gasteiger partial charge in [0.1, 0.15) is 12.4 Å². The first-order valence-electron chi connectivity index (χ1n) is 7.27. The van der Waals surface area contributed by atoms with Crippen LogP contribution < -0.4 is 9.46 Å². The number of ether oxygens (including phenoxy) is 1. The number of aromatic nitrogens is 1. The summed E-state index contributed by atoms with van der Waals surface area (Å²) in [7, 11) is -3.65. The van der Waals surface area contributed by atoms with Gasteiger partial charge in [-0.05, 0) is 24.3 Å². The van der Waals surface area contributed by atoms with Crippen LogP contribution in [0.25, 0.3) is 10.9 Å². The van der Waals surface area contributed by atoms with E-state index in [-0.39, 0.29) is 18.1 Å². The number of hydrogen-bond donors (Lipinski definition) is 1. The minimum Gasteiger partial charge on any atom is -0.489 e. The molecule has 0 aliphatic heterocycles. The molecule has 0 aliphatic carbocycles. The highest BCUT2D eigenvalue weighted by molar-refractivity contribution is 7.92. The highest BCUT2D eigenvalue weighted by Crippen LogP contribution is 2.22. The maximum absolute atomic E-state index is 13.4. The number of hydrogen-bond acceptors (Lipinski definition) is 4. The third kappa shape index (κ3) is 3.80. The molecular formula is C17H15FN2O3S. The molecule has 7 heteroatoms. The van der Waals surface area contributed by atoms with Crippen molar-refractivity contribution in [2.75, 3.05) is 17.1 Å². The molecule has 2 aromatic carbocycles. The molecule has 3 rings (SSSR count). The number of para-hydroxylation sites is 2. The van der Waals surface area contributed by atoms with Crippen LogP contribution in [0.1, 0.15) is 0 Å². The maximum Gasteiger partial charge on any atom is 0.236 e. The summed E-state index contributed by atoms with van der Waals surface area (Å²) in [6.07, 6.45) is 1.60. The minimum atomic E-state index is -3.65. The predicted octanol–water partition coefficient (Wildman–Crippen LogP) is 3.19. The van der Waals surface area contributed by atoms with Crippen LogP contribution in [0.2, 0.25) is 0 Å². The van der Waals surface area contributed by atoms with Gasteiger partial charge in [0.05, 0.1) is 11.2 Å². The average molecular weight is 346 g/mol. The molecule has 1 N–H and O–H groups in total. The summed E-state index contributed by atoms with van der Waals surface area (Å²) >= 11 is 0. The molecule has 0 unspecified atom stereocenters. The molecule has 1 heterocycles. The van der Waals surface area contributed by atoms with Gasteiger partial charge in [-0.25, -0.2) is 12.8 Å². The Morgan fingerprint density at radius 1 is 1.04 bits per heavy atom. The molecule has 0 fully saturated rings. The first-order valence-corrected chi connectivity index (χ1v) is 8.92. The average Bonchev–Trinajstić information content (AvgIpc) is 2.57. The Balaban J connectivity index is 1.69. The van der Waals surface area contributed by atoms with Gasteiger partial charge in [0.25, 0.3) is 0 Å². The van der Waals surface area contributed by atoms with Crippen LogP contribution in [-0.4, -0.2) is 25.8 Å². The fraction of sp³-hybridized carbons (Fsp3) is 0.118. The fourth-order valence-electron chi connectivity index (χ4n) is 2.23. The van der Waals surface area contributed by atoms with Crippen molar-refractivity contribution in [3.8, 4) is 5.75 Å². The minimum absolute atomic E-state index is 0.0273. The second-order valence-corrected chi connectivity index (χ2v) is 6.92. The Hall–Kier alpha value is -2.67. The monoisotopic (exact) mass is 346 g/mol. The molecule has 0 radical (unpaired) electrons. The van der Waals surface area contributed by atoms with E-state index >= 15 is 0 Å². The standard InChI is InChI=1S/C17H15FN2O3S/c18-14-7-1-2-9-16(14)23-11-12-24(21,22)20-15-8-3-5-13-6-4-10-19-17(13)15/h1-10,20H,11-12H2. The van der Waals surface area contributed by atoms with Gasteiger partial charge in [0.2, 0.25) is 10.0 Å². The zero-order chi connectivity index (χ0) is 17.0. The predicted molar refractivity (Wildman–Crippen MR) is 91.0 cm³/mol. The Morgan fingerprint density at radius 2 is 1.83 bits per heavy atom. The van der Waals surface area contributed by atoms with Gasteiger partial charge in [0, 0.05) is 11.6 Å². The number of anilines is 1. The zero-order valence-electron chi connectivity index (χ0n) is 12.6. The number of pyridine rings is 1. The maximum atomic E-state index is 13.4. The summed E-state index contributed by atoms with van der Waals surface area (Å²) in [5.74, 6) is -0.800. The number of nitrogens with one attached hydrogen (secondary N) is 1. The summed E-state index contributed by atoms with van der Waals surface area (Å²) in [5, 5.41) is 0.834. The van der Waals surface area contributed by atoms with Crippen molar-refractivity contribution in [1.29, 1.82) is 0 Å². The fourth-order valence-corrected chi connectivity index (χ4v) is 3.13. The lowest BCUT2D eigenvalue weighted by molar-refractivity contribution is 0.322. The molecule has 1 aromatic heterocycles. The molecule has 24 heavy (non-hydrogen) atoms. The quantitative estimate of drug-likeness (QED) is 0.744. The van der Waals surface area contributed by atoms with E-state index in [1.165, 1.54) is 18.2 Å². The van der Waals surface area contributed by atoms with Crippen LogP contribution in [0, 0.1) is 5.82 Å². The van der Waals surface area contributed by atoms with Gasteiger partial charge in [-0.2, -0.15) is 0 Å². The summed E-state index contributed by atoms with van der Waals surface area (Å²) < 4.78 is 45.5. The lowest BCUT2D eigenvalue weighted by Gasteiger charge is -2.11. The van der Waals surface area contributed by atoms with Crippen molar-refractivity contribution in [3.63, 3.8) is 0 Å². The van der Waals surface area contributed by atoms with Gasteiger partial charge in [-0.1, -0.05) is 30.3 Å². The van der Waals surface area contributed by atoms with E-state index < -0.39 is 15.8 Å². The smallest absolute Gasteiger partial charge is 0.236 e. The lowest BCUT2D eigenvalue weighted by atomic mass is 10.2. The van der Waals surface area contributed by atoms with Crippen LogP contribution >= 0.6 is 0 Å². The Kier molecular flexibility index (Phi) is 4.61. The number of nitrogens with zero attached hydrogens (tertiary/aromatic N) is 1. The van der Waals surface area contributed by atoms with Crippen LogP contribution in [0.4, 0.5) is 10.1 Å². The molecule has 0 amide bonds. The van der Waals surface area contributed by atoms with Crippen molar-refractivity contribution in [3.05, 3.63) is 66.6 Å². The third-order valence-electron chi connectivity index (χ3n) is 3.34. The molecule has 0 saturated heterocycles. The van der Waals surface area contributed by atoms with Gasteiger partial charge < -0.3 is 4.74 Å². The second kappa shape index (κ2) is 6.84. The summed E-state index contributed by atoms with van der Waals surface area (Å²) in [6, 6.07) is 14.7. The summed E-state index contributed by atoms with van der Waals surface area (Å²) in [5.41, 5.74) is 0.970. The van der Waals surface area contributed by atoms with Crippen molar-refractivity contribution in [2.24, 2.45) is 0 Å². The van der Waals surface area contributed by atoms with Crippen molar-refractivity contribution < 1.29 is 17.5 Å². The van der Waals surface area contributed by atoms with Crippen LogP contribution in [0.5, 0.6) is 5.75 Å². The number of fused-ring (bicyclic) bond motifs is 1. The summed E-state index contributed by atoms with van der Waals surface area (Å²) in [4.78, 5) is 4.20. The van der Waals surface area contributed by atoms with Gasteiger partial charge in [-0.3, -0.25) is 9.71 Å². The molecule has 5 nitrogen and oxygen atoms in total.